The molecule has 1 aromatic rings. The van der Waals surface area contributed by atoms with E-state index in [-0.39, 0.29) is 0 Å². The second-order valence-corrected chi connectivity index (χ2v) is 7.87. The lowest BCUT2D eigenvalue weighted by Crippen LogP contribution is -2.31. The van der Waals surface area contributed by atoms with E-state index in [1.807, 2.05) is 6.20 Å². The fraction of sp³-hybridized carbons (Fsp3) is 0.700. The third kappa shape index (κ3) is 1.67. The minimum atomic E-state index is 0.297. The van der Waals surface area contributed by atoms with E-state index in [0.29, 0.717) is 4.08 Å². The molecule has 2 aliphatic heterocycles. The fourth-order valence-corrected chi connectivity index (χ4v) is 6.78. The van der Waals surface area contributed by atoms with Crippen molar-refractivity contribution >= 4 is 39.5 Å². The van der Waals surface area contributed by atoms with Crippen molar-refractivity contribution in [2.45, 2.75) is 29.9 Å². The Hall–Kier alpha value is 0.390. The molecule has 2 nitrogen and oxygen atoms in total. The van der Waals surface area contributed by atoms with E-state index in [1.165, 1.54) is 40.9 Å². The van der Waals surface area contributed by atoms with Crippen molar-refractivity contribution in [1.82, 2.24) is 9.78 Å². The van der Waals surface area contributed by atoms with Crippen molar-refractivity contribution < 1.29 is 0 Å². The molecule has 3 heterocycles. The van der Waals surface area contributed by atoms with E-state index in [0.717, 1.165) is 6.54 Å². The molecule has 82 valence electrons. The first-order valence-electron chi connectivity index (χ1n) is 5.31. The Bertz CT molecular complexity index is 371. The molecule has 0 amide bonds. The van der Waals surface area contributed by atoms with Gasteiger partial charge in [-0.15, -0.1) is 23.5 Å². The number of halogens is 1. The maximum Gasteiger partial charge on any atom is 0.104 e. The Kier molecular flexibility index (Phi) is 2.81. The molecule has 1 fully saturated rings. The molecule has 1 spiro atoms. The van der Waals surface area contributed by atoms with Crippen LogP contribution in [0.2, 0.25) is 0 Å². The molecule has 5 heteroatoms. The van der Waals surface area contributed by atoms with Crippen LogP contribution in [0.15, 0.2) is 10.7 Å². The van der Waals surface area contributed by atoms with E-state index in [1.54, 1.807) is 0 Å². The normalized spacial score (nSPS) is 24.1. The second kappa shape index (κ2) is 4.00. The lowest BCUT2D eigenvalue weighted by molar-refractivity contribution is 0.461. The average Bonchev–Trinajstić information content (AvgIpc) is 2.63. The van der Waals surface area contributed by atoms with Gasteiger partial charge in [-0.05, 0) is 46.7 Å². The largest absolute Gasteiger partial charge is 0.266 e. The van der Waals surface area contributed by atoms with Gasteiger partial charge >= 0.3 is 0 Å². The second-order valence-electron chi connectivity index (χ2n) is 3.97. The van der Waals surface area contributed by atoms with Gasteiger partial charge in [-0.25, -0.2) is 0 Å². The first-order valence-corrected chi connectivity index (χ1v) is 8.08. The van der Waals surface area contributed by atoms with Gasteiger partial charge in [-0.1, -0.05) is 0 Å². The minimum Gasteiger partial charge on any atom is -0.266 e. The maximum absolute atomic E-state index is 4.45. The van der Waals surface area contributed by atoms with Gasteiger partial charge < -0.3 is 0 Å². The number of aryl methyl sites for hydroxylation is 1. The van der Waals surface area contributed by atoms with Crippen molar-refractivity contribution in [2.75, 3.05) is 11.5 Å². The number of hydrogen-bond acceptors (Lipinski definition) is 3. The molecular formula is C10H13BrN2S2. The smallest absolute Gasteiger partial charge is 0.104 e. The van der Waals surface area contributed by atoms with Crippen molar-refractivity contribution in [1.29, 1.82) is 0 Å². The van der Waals surface area contributed by atoms with Gasteiger partial charge in [0.1, 0.15) is 4.08 Å². The van der Waals surface area contributed by atoms with Gasteiger partial charge in [0.2, 0.25) is 0 Å². The average molecular weight is 305 g/mol. The predicted molar refractivity (Wildman–Crippen MR) is 70.4 cm³/mol. The summed E-state index contributed by atoms with van der Waals surface area (Å²) in [6.07, 6.45) is 5.87. The Labute approximate surface area is 107 Å². The van der Waals surface area contributed by atoms with E-state index in [4.69, 9.17) is 0 Å². The van der Waals surface area contributed by atoms with Crippen molar-refractivity contribution in [3.05, 3.63) is 16.4 Å². The summed E-state index contributed by atoms with van der Waals surface area (Å²) in [6.45, 7) is 1.09. The van der Waals surface area contributed by atoms with E-state index >= 15 is 0 Å². The highest BCUT2D eigenvalue weighted by Crippen LogP contribution is 2.56. The summed E-state index contributed by atoms with van der Waals surface area (Å²) in [4.78, 5) is 0. The van der Waals surface area contributed by atoms with Crippen LogP contribution in [0.1, 0.15) is 25.0 Å². The molecule has 0 aliphatic carbocycles. The topological polar surface area (TPSA) is 17.8 Å². The minimum absolute atomic E-state index is 0.297. The number of thioether (sulfide) groups is 2. The molecular weight excluding hydrogens is 292 g/mol. The molecule has 0 N–H and O–H groups in total. The van der Waals surface area contributed by atoms with Crippen LogP contribution in [0.25, 0.3) is 0 Å². The highest BCUT2D eigenvalue weighted by Gasteiger charge is 2.41. The third-order valence-corrected chi connectivity index (χ3v) is 6.99. The standard InChI is InChI=1S/C10H13BrN2S2/c11-8-7-12-13-4-1-3-10(9(8)13)14-5-2-6-15-10/h7H,1-6H2. The number of hydrogen-bond donors (Lipinski definition) is 0. The Morgan fingerprint density at radius 1 is 1.33 bits per heavy atom. The zero-order chi connectivity index (χ0) is 10.3. The molecule has 0 aromatic carbocycles. The lowest BCUT2D eigenvalue weighted by Gasteiger charge is -2.39. The summed E-state index contributed by atoms with van der Waals surface area (Å²) in [5.74, 6) is 2.59. The SMILES string of the molecule is Brc1cnn2c1C1(CCC2)SCCCS1. The number of rotatable bonds is 0. The van der Waals surface area contributed by atoms with Gasteiger partial charge in [-0.3, -0.25) is 4.68 Å². The third-order valence-electron chi connectivity index (χ3n) is 2.99. The first-order chi connectivity index (χ1) is 7.32. The highest BCUT2D eigenvalue weighted by atomic mass is 79.9. The molecule has 15 heavy (non-hydrogen) atoms. The van der Waals surface area contributed by atoms with Crippen LogP contribution in [0.3, 0.4) is 0 Å². The Morgan fingerprint density at radius 2 is 2.13 bits per heavy atom. The molecule has 2 aliphatic rings. The monoisotopic (exact) mass is 304 g/mol. The molecule has 0 saturated carbocycles. The van der Waals surface area contributed by atoms with Crippen LogP contribution in [0.4, 0.5) is 0 Å². The van der Waals surface area contributed by atoms with Crippen LogP contribution < -0.4 is 0 Å². The Morgan fingerprint density at radius 3 is 2.93 bits per heavy atom. The molecule has 3 rings (SSSR count). The van der Waals surface area contributed by atoms with Crippen LogP contribution in [0.5, 0.6) is 0 Å². The summed E-state index contributed by atoms with van der Waals surface area (Å²) in [6, 6.07) is 0. The van der Waals surface area contributed by atoms with Gasteiger partial charge in [0.15, 0.2) is 0 Å². The fourth-order valence-electron chi connectivity index (χ4n) is 2.35. The number of aromatic nitrogens is 2. The van der Waals surface area contributed by atoms with E-state index in [9.17, 15) is 0 Å². The number of nitrogens with zero attached hydrogens (tertiary/aromatic N) is 2. The molecule has 0 bridgehead atoms. The summed E-state index contributed by atoms with van der Waals surface area (Å²) in [5.41, 5.74) is 1.42. The van der Waals surface area contributed by atoms with Crippen LogP contribution >= 0.6 is 39.5 Å². The van der Waals surface area contributed by atoms with Crippen molar-refractivity contribution in [3.63, 3.8) is 0 Å². The molecule has 1 aromatic heterocycles. The maximum atomic E-state index is 4.45. The van der Waals surface area contributed by atoms with Gasteiger partial charge in [0, 0.05) is 6.54 Å². The highest BCUT2D eigenvalue weighted by molar-refractivity contribution is 9.10. The van der Waals surface area contributed by atoms with E-state index in [2.05, 4.69) is 49.2 Å². The Balaban J connectivity index is 2.06. The van der Waals surface area contributed by atoms with Gasteiger partial charge in [0.05, 0.1) is 16.4 Å². The van der Waals surface area contributed by atoms with Crippen molar-refractivity contribution in [3.8, 4) is 0 Å². The van der Waals surface area contributed by atoms with E-state index < -0.39 is 0 Å². The zero-order valence-electron chi connectivity index (χ0n) is 8.41. The van der Waals surface area contributed by atoms with Gasteiger partial charge in [-0.2, -0.15) is 5.10 Å². The summed E-state index contributed by atoms with van der Waals surface area (Å²) in [7, 11) is 0. The van der Waals surface area contributed by atoms with Crippen molar-refractivity contribution in [2.24, 2.45) is 0 Å². The summed E-state index contributed by atoms with van der Waals surface area (Å²) >= 11 is 7.89. The predicted octanol–water partition coefficient (Wildman–Crippen LogP) is 3.46. The number of fused-ring (bicyclic) bond motifs is 2. The van der Waals surface area contributed by atoms with Crippen LogP contribution in [-0.4, -0.2) is 21.3 Å². The summed E-state index contributed by atoms with van der Waals surface area (Å²) in [5, 5.41) is 4.45. The van der Waals surface area contributed by atoms with Crippen LogP contribution in [-0.2, 0) is 10.6 Å². The molecule has 0 atom stereocenters. The first kappa shape index (κ1) is 10.5. The summed E-state index contributed by atoms with van der Waals surface area (Å²) < 4.78 is 3.69. The molecule has 0 unspecified atom stereocenters. The lowest BCUT2D eigenvalue weighted by atomic mass is 10.1. The quantitative estimate of drug-likeness (QED) is 0.731. The molecule has 1 saturated heterocycles. The van der Waals surface area contributed by atoms with Gasteiger partial charge in [0.25, 0.3) is 0 Å². The molecule has 0 radical (unpaired) electrons. The van der Waals surface area contributed by atoms with Crippen LogP contribution in [0, 0.1) is 0 Å². The zero-order valence-corrected chi connectivity index (χ0v) is 11.6.